The van der Waals surface area contributed by atoms with Crippen molar-refractivity contribution < 1.29 is 24.2 Å². The first-order valence-electron chi connectivity index (χ1n) is 19.6. The Kier molecular flexibility index (Phi) is 15.6. The standard InChI is InChI=1S/C50H62O5/c1-16-41(51)20-18-22-50(48(52)54-14,49(53)55-15)21-17-19-36-23-39(46-42(32(6)7)26-37(30(2)3)27-43(46)33(8)9)25-40(24-36)47-44(34(10)11)28-38(31(4)5)29-45(47)35(12)13/h1,23-35,41,51H,21-22H2,2-15H3. The highest BCUT2D eigenvalue weighted by Crippen LogP contribution is 2.44. The fourth-order valence-electron chi connectivity index (χ4n) is 7.03. The average molecular weight is 743 g/mol. The van der Waals surface area contributed by atoms with Gasteiger partial charge >= 0.3 is 11.9 Å². The van der Waals surface area contributed by atoms with E-state index in [9.17, 15) is 14.7 Å². The number of carbonyl (C=O) groups excluding carboxylic acids is 2. The minimum absolute atomic E-state index is 0.220. The lowest BCUT2D eigenvalue weighted by atomic mass is 9.78. The topological polar surface area (TPSA) is 72.8 Å². The van der Waals surface area contributed by atoms with E-state index in [2.05, 4.69) is 155 Å². The van der Waals surface area contributed by atoms with E-state index < -0.39 is 23.5 Å². The molecule has 0 heterocycles. The van der Waals surface area contributed by atoms with E-state index in [0.29, 0.717) is 11.8 Å². The van der Waals surface area contributed by atoms with Crippen LogP contribution in [0.25, 0.3) is 22.3 Å². The molecule has 1 atom stereocenters. The fourth-order valence-corrected chi connectivity index (χ4v) is 7.03. The number of methoxy groups -OCH3 is 2. The highest BCUT2D eigenvalue weighted by molar-refractivity contribution is 6.00. The molecule has 3 aromatic carbocycles. The van der Waals surface area contributed by atoms with Crippen LogP contribution in [-0.4, -0.2) is 37.4 Å². The first-order chi connectivity index (χ1) is 25.8. The normalized spacial score (nSPS) is 12.1. The second kappa shape index (κ2) is 19.2. The smallest absolute Gasteiger partial charge is 0.325 e. The molecule has 55 heavy (non-hydrogen) atoms. The summed E-state index contributed by atoms with van der Waals surface area (Å²) in [6.45, 7) is 27.0. The van der Waals surface area contributed by atoms with Gasteiger partial charge in [0, 0.05) is 18.4 Å². The zero-order chi connectivity index (χ0) is 41.4. The summed E-state index contributed by atoms with van der Waals surface area (Å²) in [5, 5.41) is 9.84. The van der Waals surface area contributed by atoms with Gasteiger partial charge in [0.2, 0.25) is 0 Å². The largest absolute Gasteiger partial charge is 0.468 e. The minimum Gasteiger partial charge on any atom is -0.468 e. The number of terminal acetylenes is 1. The van der Waals surface area contributed by atoms with Crippen molar-refractivity contribution in [3.63, 3.8) is 0 Å². The zero-order valence-corrected chi connectivity index (χ0v) is 35.7. The third kappa shape index (κ3) is 10.3. The van der Waals surface area contributed by atoms with Gasteiger partial charge in [0.25, 0.3) is 0 Å². The lowest BCUT2D eigenvalue weighted by Gasteiger charge is -2.26. The number of aliphatic hydroxyl groups excluding tert-OH is 1. The summed E-state index contributed by atoms with van der Waals surface area (Å²) in [6, 6.07) is 16.1. The number of aliphatic hydroxyl groups is 1. The van der Waals surface area contributed by atoms with E-state index in [1.807, 2.05) is 0 Å². The van der Waals surface area contributed by atoms with E-state index >= 15 is 0 Å². The van der Waals surface area contributed by atoms with E-state index in [4.69, 9.17) is 15.9 Å². The molecular formula is C50H62O5. The summed E-state index contributed by atoms with van der Waals surface area (Å²) in [5.74, 6) is 14.0. The number of benzene rings is 3. The van der Waals surface area contributed by atoms with Gasteiger partial charge in [0.05, 0.1) is 14.2 Å². The summed E-state index contributed by atoms with van der Waals surface area (Å²) in [7, 11) is 2.42. The average Bonchev–Trinajstić information content (AvgIpc) is 3.14. The Morgan fingerprint density at radius 2 is 0.964 bits per heavy atom. The first-order valence-corrected chi connectivity index (χ1v) is 19.6. The molecule has 0 fully saturated rings. The Bertz CT molecular complexity index is 1860. The summed E-state index contributed by atoms with van der Waals surface area (Å²) in [5.41, 5.74) is 11.3. The van der Waals surface area contributed by atoms with Gasteiger partial charge in [0.15, 0.2) is 11.5 Å². The fraction of sp³-hybridized carbons (Fsp3) is 0.480. The van der Waals surface area contributed by atoms with Crippen molar-refractivity contribution >= 4 is 11.9 Å². The maximum atomic E-state index is 13.3. The molecule has 0 aliphatic heterocycles. The highest BCUT2D eigenvalue weighted by atomic mass is 16.5. The molecule has 0 saturated carbocycles. The molecule has 3 aromatic rings. The van der Waals surface area contributed by atoms with Crippen molar-refractivity contribution in [1.82, 2.24) is 0 Å². The number of rotatable bonds is 12. The maximum absolute atomic E-state index is 13.3. The van der Waals surface area contributed by atoms with Crippen LogP contribution in [0.5, 0.6) is 0 Å². The monoisotopic (exact) mass is 742 g/mol. The lowest BCUT2D eigenvalue weighted by molar-refractivity contribution is -0.168. The Hall–Kier alpha value is -4.76. The molecule has 0 saturated heterocycles. The van der Waals surface area contributed by atoms with Crippen molar-refractivity contribution in [1.29, 1.82) is 0 Å². The van der Waals surface area contributed by atoms with E-state index in [1.54, 1.807) is 0 Å². The van der Waals surface area contributed by atoms with Crippen LogP contribution in [0.3, 0.4) is 0 Å². The third-order valence-corrected chi connectivity index (χ3v) is 10.3. The van der Waals surface area contributed by atoms with Gasteiger partial charge in [0.1, 0.15) is 0 Å². The Balaban J connectivity index is 2.52. The number of carbonyl (C=O) groups is 2. The summed E-state index contributed by atoms with van der Waals surface area (Å²) in [4.78, 5) is 26.6. The molecule has 0 aliphatic rings. The van der Waals surface area contributed by atoms with E-state index in [1.165, 1.54) is 58.7 Å². The van der Waals surface area contributed by atoms with Gasteiger partial charge in [-0.2, -0.15) is 0 Å². The summed E-state index contributed by atoms with van der Waals surface area (Å²) >= 11 is 0. The number of hydrogen-bond donors (Lipinski definition) is 1. The second-order valence-corrected chi connectivity index (χ2v) is 16.5. The molecule has 0 radical (unpaired) electrons. The zero-order valence-electron chi connectivity index (χ0n) is 35.7. The molecule has 0 aromatic heterocycles. The molecule has 0 spiro atoms. The highest BCUT2D eigenvalue weighted by Gasteiger charge is 2.47. The van der Waals surface area contributed by atoms with Crippen molar-refractivity contribution in [2.75, 3.05) is 14.2 Å². The third-order valence-electron chi connectivity index (χ3n) is 10.3. The van der Waals surface area contributed by atoms with Crippen LogP contribution >= 0.6 is 0 Å². The Morgan fingerprint density at radius 1 is 0.600 bits per heavy atom. The number of hydrogen-bond acceptors (Lipinski definition) is 5. The first kappa shape index (κ1) is 44.6. The Morgan fingerprint density at radius 3 is 1.27 bits per heavy atom. The molecule has 292 valence electrons. The molecule has 0 amide bonds. The van der Waals surface area contributed by atoms with Crippen LogP contribution in [0.15, 0.2) is 42.5 Å². The van der Waals surface area contributed by atoms with Crippen LogP contribution in [0.4, 0.5) is 0 Å². The van der Waals surface area contributed by atoms with Crippen molar-refractivity contribution in [3.8, 4) is 58.3 Å². The van der Waals surface area contributed by atoms with Crippen LogP contribution in [0.2, 0.25) is 0 Å². The van der Waals surface area contributed by atoms with Gasteiger partial charge in [-0.3, -0.25) is 9.59 Å². The van der Waals surface area contributed by atoms with Crippen LogP contribution < -0.4 is 0 Å². The predicted molar refractivity (Wildman–Crippen MR) is 227 cm³/mol. The number of ether oxygens (including phenoxy) is 2. The molecule has 1 unspecified atom stereocenters. The molecule has 0 aliphatic carbocycles. The summed E-state index contributed by atoms with van der Waals surface area (Å²) in [6.07, 6.45) is 3.43. The van der Waals surface area contributed by atoms with E-state index in [-0.39, 0.29) is 36.5 Å². The summed E-state index contributed by atoms with van der Waals surface area (Å²) < 4.78 is 10.2. The number of esters is 2. The predicted octanol–water partition coefficient (Wildman–Crippen LogP) is 11.2. The van der Waals surface area contributed by atoms with Crippen LogP contribution in [0, 0.1) is 41.4 Å². The quantitative estimate of drug-likeness (QED) is 0.114. The van der Waals surface area contributed by atoms with Gasteiger partial charge in [-0.05, 0) is 109 Å². The molecular weight excluding hydrogens is 681 g/mol. The van der Waals surface area contributed by atoms with Crippen molar-refractivity contribution in [2.45, 2.75) is 138 Å². The van der Waals surface area contributed by atoms with Crippen molar-refractivity contribution in [3.05, 3.63) is 81.4 Å². The molecule has 5 nitrogen and oxygen atoms in total. The van der Waals surface area contributed by atoms with Gasteiger partial charge in [-0.15, -0.1) is 6.42 Å². The van der Waals surface area contributed by atoms with Crippen molar-refractivity contribution in [2.24, 2.45) is 5.41 Å². The molecule has 5 heteroatoms. The molecule has 0 bridgehead atoms. The maximum Gasteiger partial charge on any atom is 0.325 e. The Labute approximate surface area is 332 Å². The van der Waals surface area contributed by atoms with E-state index in [0.717, 1.165) is 16.7 Å². The molecule has 1 N–H and O–H groups in total. The minimum atomic E-state index is -1.84. The lowest BCUT2D eigenvalue weighted by Crippen LogP contribution is -2.41. The van der Waals surface area contributed by atoms with Crippen LogP contribution in [-0.2, 0) is 19.1 Å². The van der Waals surface area contributed by atoms with Gasteiger partial charge in [-0.25, -0.2) is 0 Å². The van der Waals surface area contributed by atoms with Gasteiger partial charge < -0.3 is 14.6 Å². The SMILES string of the molecule is C#CC(O)C#CCC(CC#Cc1cc(-c2c(C(C)C)cc(C(C)C)cc2C(C)C)cc(-c2c(C(C)C)cc(C(C)C)cc2C(C)C)c1)(C(=O)OC)C(=O)OC. The van der Waals surface area contributed by atoms with Crippen LogP contribution in [0.1, 0.15) is 170 Å². The van der Waals surface area contributed by atoms with Gasteiger partial charge in [-0.1, -0.05) is 137 Å². The molecule has 3 rings (SSSR count). The second-order valence-electron chi connectivity index (χ2n) is 16.5.